The van der Waals surface area contributed by atoms with E-state index in [1.165, 1.54) is 0 Å². The number of carbonyl (C=O) groups is 3. The van der Waals surface area contributed by atoms with Crippen LogP contribution < -0.4 is 5.32 Å². The second kappa shape index (κ2) is 11.1. The van der Waals surface area contributed by atoms with Crippen LogP contribution in [0.5, 0.6) is 0 Å². The monoisotopic (exact) mass is 370 g/mol. The van der Waals surface area contributed by atoms with Crippen LogP contribution in [-0.2, 0) is 19.1 Å². The zero-order valence-corrected chi connectivity index (χ0v) is 15.3. The van der Waals surface area contributed by atoms with Crippen molar-refractivity contribution >= 4 is 17.8 Å². The second-order valence-electron chi connectivity index (χ2n) is 6.61. The molecule has 0 atom stereocenters. The fourth-order valence-electron chi connectivity index (χ4n) is 3.12. The van der Waals surface area contributed by atoms with Crippen LogP contribution in [0, 0.1) is 0 Å². The van der Waals surface area contributed by atoms with Gasteiger partial charge >= 0.3 is 5.97 Å². The van der Waals surface area contributed by atoms with Crippen molar-refractivity contribution in [1.29, 1.82) is 0 Å². The van der Waals surface area contributed by atoms with Gasteiger partial charge in [-0.1, -0.05) is 0 Å². The molecule has 0 saturated carbocycles. The highest BCUT2D eigenvalue weighted by atomic mass is 16.5. The van der Waals surface area contributed by atoms with Crippen molar-refractivity contribution in [3.05, 3.63) is 0 Å². The van der Waals surface area contributed by atoms with Crippen molar-refractivity contribution < 1.29 is 24.2 Å². The van der Waals surface area contributed by atoms with Crippen LogP contribution in [0.2, 0.25) is 0 Å². The van der Waals surface area contributed by atoms with E-state index < -0.39 is 5.97 Å². The Bertz CT molecular complexity index is 474. The molecule has 2 heterocycles. The number of carbonyl (C=O) groups excluding carboxylic acids is 2. The lowest BCUT2D eigenvalue weighted by molar-refractivity contribution is -0.141. The number of ether oxygens (including phenoxy) is 1. The van der Waals surface area contributed by atoms with E-state index in [2.05, 4.69) is 10.2 Å². The Morgan fingerprint density at radius 2 is 1.42 bits per heavy atom. The lowest BCUT2D eigenvalue weighted by Crippen LogP contribution is -2.49. The predicted molar refractivity (Wildman–Crippen MR) is 94.8 cm³/mol. The number of hydrogen-bond acceptors (Lipinski definition) is 6. The Kier molecular flexibility index (Phi) is 8.79. The molecule has 0 unspecified atom stereocenters. The maximum absolute atomic E-state index is 12.0. The third-order valence-electron chi connectivity index (χ3n) is 4.76. The molecule has 2 aliphatic rings. The quantitative estimate of drug-likeness (QED) is 0.493. The Morgan fingerprint density at radius 1 is 0.808 bits per heavy atom. The van der Waals surface area contributed by atoms with Crippen molar-refractivity contribution in [1.82, 2.24) is 20.0 Å². The molecule has 2 amide bonds. The standard InChI is InChI=1S/C17H30N4O5/c22-15(1-2-17(24)25)21-10-8-19(9-11-21)12-14-26-13-3-16(23)20-6-4-18-5-7-20/h18H,1-14H2,(H,24,25). The molecule has 26 heavy (non-hydrogen) atoms. The summed E-state index contributed by atoms with van der Waals surface area (Å²) in [6, 6.07) is 0. The predicted octanol–water partition coefficient (Wildman–Crippen LogP) is -1.17. The zero-order chi connectivity index (χ0) is 18.8. The number of carboxylic acid groups (broad SMARTS) is 1. The van der Waals surface area contributed by atoms with Gasteiger partial charge in [0.2, 0.25) is 11.8 Å². The van der Waals surface area contributed by atoms with E-state index in [-0.39, 0.29) is 24.7 Å². The van der Waals surface area contributed by atoms with E-state index in [0.29, 0.717) is 32.7 Å². The fraction of sp³-hybridized carbons (Fsp3) is 0.824. The number of aliphatic carboxylic acids is 1. The molecule has 2 N–H and O–H groups in total. The van der Waals surface area contributed by atoms with E-state index in [1.807, 2.05) is 4.90 Å². The third kappa shape index (κ3) is 7.27. The molecular formula is C17H30N4O5. The van der Waals surface area contributed by atoms with E-state index in [0.717, 1.165) is 45.8 Å². The highest BCUT2D eigenvalue weighted by Gasteiger charge is 2.21. The summed E-state index contributed by atoms with van der Waals surface area (Å²) < 4.78 is 5.59. The molecule has 148 valence electrons. The Balaban J connectivity index is 1.50. The normalized spacial score (nSPS) is 18.8. The van der Waals surface area contributed by atoms with Gasteiger partial charge in [-0.25, -0.2) is 0 Å². The van der Waals surface area contributed by atoms with Gasteiger partial charge in [-0.15, -0.1) is 0 Å². The van der Waals surface area contributed by atoms with Gasteiger partial charge < -0.3 is 25.0 Å². The number of hydrogen-bond donors (Lipinski definition) is 2. The van der Waals surface area contributed by atoms with Gasteiger partial charge in [-0.2, -0.15) is 0 Å². The first-order chi connectivity index (χ1) is 12.6. The highest BCUT2D eigenvalue weighted by Crippen LogP contribution is 2.05. The molecule has 0 bridgehead atoms. The van der Waals surface area contributed by atoms with Crippen molar-refractivity contribution in [2.24, 2.45) is 0 Å². The molecule has 2 saturated heterocycles. The van der Waals surface area contributed by atoms with Crippen LogP contribution in [0.15, 0.2) is 0 Å². The van der Waals surface area contributed by atoms with Crippen molar-refractivity contribution in [3.63, 3.8) is 0 Å². The van der Waals surface area contributed by atoms with Crippen LogP contribution in [0.3, 0.4) is 0 Å². The average Bonchev–Trinajstić information content (AvgIpc) is 2.66. The van der Waals surface area contributed by atoms with Gasteiger partial charge in [0, 0.05) is 65.3 Å². The maximum Gasteiger partial charge on any atom is 0.303 e. The minimum absolute atomic E-state index is 0.0690. The number of amides is 2. The van der Waals surface area contributed by atoms with Crippen molar-refractivity contribution in [3.8, 4) is 0 Å². The first kappa shape index (κ1) is 20.6. The minimum atomic E-state index is -0.940. The van der Waals surface area contributed by atoms with Crippen LogP contribution in [0.4, 0.5) is 0 Å². The average molecular weight is 370 g/mol. The molecule has 9 nitrogen and oxygen atoms in total. The van der Waals surface area contributed by atoms with Gasteiger partial charge in [0.25, 0.3) is 0 Å². The topological polar surface area (TPSA) is 102 Å². The van der Waals surface area contributed by atoms with Gasteiger partial charge in [0.1, 0.15) is 0 Å². The fourth-order valence-corrected chi connectivity index (χ4v) is 3.12. The first-order valence-corrected chi connectivity index (χ1v) is 9.34. The van der Waals surface area contributed by atoms with Crippen LogP contribution in [0.25, 0.3) is 0 Å². The molecule has 0 aromatic carbocycles. The molecule has 2 fully saturated rings. The first-order valence-electron chi connectivity index (χ1n) is 9.34. The maximum atomic E-state index is 12.0. The molecule has 0 spiro atoms. The second-order valence-corrected chi connectivity index (χ2v) is 6.61. The van der Waals surface area contributed by atoms with Crippen molar-refractivity contribution in [2.45, 2.75) is 19.3 Å². The van der Waals surface area contributed by atoms with Crippen LogP contribution in [-0.4, -0.2) is 110 Å². The smallest absolute Gasteiger partial charge is 0.303 e. The number of piperazine rings is 2. The molecule has 2 rings (SSSR count). The van der Waals surface area contributed by atoms with E-state index >= 15 is 0 Å². The Labute approximate surface area is 154 Å². The molecule has 0 aliphatic carbocycles. The number of nitrogens with one attached hydrogen (secondary N) is 1. The summed E-state index contributed by atoms with van der Waals surface area (Å²) in [7, 11) is 0. The lowest BCUT2D eigenvalue weighted by atomic mass is 10.2. The molecule has 0 aromatic rings. The largest absolute Gasteiger partial charge is 0.481 e. The molecule has 0 aromatic heterocycles. The summed E-state index contributed by atoms with van der Waals surface area (Å²) in [6.07, 6.45) is 0.380. The lowest BCUT2D eigenvalue weighted by Gasteiger charge is -2.34. The summed E-state index contributed by atoms with van der Waals surface area (Å²) in [5.41, 5.74) is 0. The molecule has 9 heteroatoms. The molecule has 2 aliphatic heterocycles. The highest BCUT2D eigenvalue weighted by molar-refractivity contribution is 5.80. The number of rotatable bonds is 9. The minimum Gasteiger partial charge on any atom is -0.481 e. The Morgan fingerprint density at radius 3 is 2.08 bits per heavy atom. The van der Waals surface area contributed by atoms with E-state index in [4.69, 9.17) is 9.84 Å². The summed E-state index contributed by atoms with van der Waals surface area (Å²) >= 11 is 0. The van der Waals surface area contributed by atoms with E-state index in [1.54, 1.807) is 4.90 Å². The Hall–Kier alpha value is -1.71. The molecular weight excluding hydrogens is 340 g/mol. The summed E-state index contributed by atoms with van der Waals surface area (Å²) in [6.45, 7) is 7.83. The summed E-state index contributed by atoms with van der Waals surface area (Å²) in [4.78, 5) is 40.2. The van der Waals surface area contributed by atoms with Crippen molar-refractivity contribution in [2.75, 3.05) is 72.1 Å². The van der Waals surface area contributed by atoms with Gasteiger partial charge in [-0.3, -0.25) is 19.3 Å². The van der Waals surface area contributed by atoms with Gasteiger partial charge in [-0.05, 0) is 0 Å². The number of nitrogens with zero attached hydrogens (tertiary/aromatic N) is 3. The van der Waals surface area contributed by atoms with Gasteiger partial charge in [0.05, 0.1) is 26.1 Å². The summed E-state index contributed by atoms with van der Waals surface area (Å²) in [5, 5.41) is 11.9. The SMILES string of the molecule is O=C(O)CCC(=O)N1CCN(CCOCCC(=O)N2CCNCC2)CC1. The zero-order valence-electron chi connectivity index (χ0n) is 15.3. The molecule has 0 radical (unpaired) electrons. The third-order valence-corrected chi connectivity index (χ3v) is 4.76. The summed E-state index contributed by atoms with van der Waals surface area (Å²) in [5.74, 6) is -0.876. The van der Waals surface area contributed by atoms with Gasteiger partial charge in [0.15, 0.2) is 0 Å². The number of carboxylic acids is 1. The van der Waals surface area contributed by atoms with Crippen LogP contribution in [0.1, 0.15) is 19.3 Å². The van der Waals surface area contributed by atoms with E-state index in [9.17, 15) is 14.4 Å². The van der Waals surface area contributed by atoms with Crippen LogP contribution >= 0.6 is 0 Å².